The molecule has 0 spiro atoms. The van der Waals surface area contributed by atoms with Gasteiger partial charge in [-0.05, 0) is 12.1 Å². The Balaban J connectivity index is 2.25. The first kappa shape index (κ1) is 16.6. The number of halogens is 2. The van der Waals surface area contributed by atoms with Gasteiger partial charge in [-0.25, -0.2) is 17.2 Å². The van der Waals surface area contributed by atoms with Gasteiger partial charge in [0.2, 0.25) is 15.9 Å². The maximum absolute atomic E-state index is 13.8. The van der Waals surface area contributed by atoms with E-state index in [4.69, 9.17) is 4.74 Å². The third-order valence-electron chi connectivity index (χ3n) is 3.22. The van der Waals surface area contributed by atoms with Crippen LogP contribution in [-0.2, 0) is 19.6 Å². The summed E-state index contributed by atoms with van der Waals surface area (Å²) in [6.45, 7) is 0.900. The lowest BCUT2D eigenvalue weighted by molar-refractivity contribution is -0.133. The average Bonchev–Trinajstić information content (AvgIpc) is 2.45. The number of carbonyl (C=O) groups is 1. The van der Waals surface area contributed by atoms with Crippen molar-refractivity contribution in [2.24, 2.45) is 0 Å². The summed E-state index contributed by atoms with van der Waals surface area (Å²) in [7, 11) is -3.89. The minimum Gasteiger partial charge on any atom is -0.378 e. The number of nitrogens with zero attached hydrogens (tertiary/aromatic N) is 2. The first-order valence-electron chi connectivity index (χ1n) is 6.57. The minimum absolute atomic E-state index is 0.350. The maximum atomic E-state index is 13.8. The second-order valence-corrected chi connectivity index (χ2v) is 6.77. The molecular formula is C13H16F2N2O4S. The highest BCUT2D eigenvalue weighted by atomic mass is 32.2. The summed E-state index contributed by atoms with van der Waals surface area (Å²) < 4.78 is 56.3. The molecule has 1 fully saturated rings. The molecule has 0 unspecified atom stereocenters. The summed E-state index contributed by atoms with van der Waals surface area (Å²) in [5.74, 6) is -2.33. The van der Waals surface area contributed by atoms with Gasteiger partial charge in [-0.3, -0.25) is 9.10 Å². The molecule has 0 saturated carbocycles. The molecule has 0 bridgehead atoms. The Bertz CT molecular complexity index is 660. The Morgan fingerprint density at radius 1 is 1.32 bits per heavy atom. The Morgan fingerprint density at radius 3 is 2.50 bits per heavy atom. The molecule has 1 aliphatic heterocycles. The van der Waals surface area contributed by atoms with Crippen molar-refractivity contribution in [3.63, 3.8) is 0 Å². The van der Waals surface area contributed by atoms with Crippen LogP contribution in [0.3, 0.4) is 0 Å². The molecule has 0 atom stereocenters. The number of ether oxygens (including phenoxy) is 1. The van der Waals surface area contributed by atoms with Crippen LogP contribution in [-0.4, -0.2) is 58.3 Å². The summed E-state index contributed by atoms with van der Waals surface area (Å²) in [6, 6.07) is 2.51. The predicted molar refractivity (Wildman–Crippen MR) is 75.9 cm³/mol. The molecule has 122 valence electrons. The number of amides is 1. The summed E-state index contributed by atoms with van der Waals surface area (Å²) in [4.78, 5) is 13.6. The molecule has 0 N–H and O–H groups in total. The van der Waals surface area contributed by atoms with Crippen molar-refractivity contribution in [3.8, 4) is 0 Å². The molecule has 9 heteroatoms. The zero-order valence-electron chi connectivity index (χ0n) is 12.0. The number of hydrogen-bond acceptors (Lipinski definition) is 4. The van der Waals surface area contributed by atoms with Gasteiger partial charge >= 0.3 is 0 Å². The molecule has 1 aromatic rings. The molecular weight excluding hydrogens is 318 g/mol. The highest BCUT2D eigenvalue weighted by molar-refractivity contribution is 7.92. The number of rotatable bonds is 4. The van der Waals surface area contributed by atoms with Crippen LogP contribution in [0.15, 0.2) is 18.2 Å². The van der Waals surface area contributed by atoms with E-state index in [1.807, 2.05) is 0 Å². The smallest absolute Gasteiger partial charge is 0.243 e. The molecule has 2 rings (SSSR count). The van der Waals surface area contributed by atoms with Gasteiger partial charge in [-0.1, -0.05) is 0 Å². The number of benzene rings is 1. The predicted octanol–water partition coefficient (Wildman–Crippen LogP) is 0.590. The van der Waals surface area contributed by atoms with E-state index in [0.29, 0.717) is 36.7 Å². The number of morpholine rings is 1. The van der Waals surface area contributed by atoms with Gasteiger partial charge in [0.05, 0.1) is 25.2 Å². The van der Waals surface area contributed by atoms with Crippen LogP contribution in [0, 0.1) is 11.6 Å². The van der Waals surface area contributed by atoms with Gasteiger partial charge in [0, 0.05) is 19.2 Å². The molecule has 0 aromatic heterocycles. The standard InChI is InChI=1S/C13H16F2N2O4S/c1-22(19,20)17(12-3-2-10(14)8-11(12)15)9-13(18)16-4-6-21-7-5-16/h2-3,8H,4-7,9H2,1H3. The van der Waals surface area contributed by atoms with Crippen LogP contribution in [0.5, 0.6) is 0 Å². The molecule has 0 radical (unpaired) electrons. The molecule has 6 nitrogen and oxygen atoms in total. The van der Waals surface area contributed by atoms with E-state index in [9.17, 15) is 22.0 Å². The van der Waals surface area contributed by atoms with E-state index in [1.165, 1.54) is 4.90 Å². The van der Waals surface area contributed by atoms with Crippen molar-refractivity contribution >= 4 is 21.6 Å². The van der Waals surface area contributed by atoms with Gasteiger partial charge in [-0.2, -0.15) is 0 Å². The largest absolute Gasteiger partial charge is 0.378 e. The van der Waals surface area contributed by atoms with Crippen molar-refractivity contribution in [2.75, 3.05) is 43.4 Å². The van der Waals surface area contributed by atoms with E-state index < -0.39 is 34.1 Å². The van der Waals surface area contributed by atoms with E-state index in [0.717, 1.165) is 18.4 Å². The van der Waals surface area contributed by atoms with Gasteiger partial charge in [0.15, 0.2) is 0 Å². The van der Waals surface area contributed by atoms with Gasteiger partial charge < -0.3 is 9.64 Å². The van der Waals surface area contributed by atoms with Crippen LogP contribution >= 0.6 is 0 Å². The molecule has 1 saturated heterocycles. The minimum atomic E-state index is -3.89. The van der Waals surface area contributed by atoms with Gasteiger partial charge in [0.1, 0.15) is 18.2 Å². The Labute approximate surface area is 127 Å². The molecule has 1 amide bonds. The lowest BCUT2D eigenvalue weighted by atomic mass is 10.3. The van der Waals surface area contributed by atoms with Crippen molar-refractivity contribution in [3.05, 3.63) is 29.8 Å². The second kappa shape index (κ2) is 6.57. The lowest BCUT2D eigenvalue weighted by Gasteiger charge is -2.30. The molecule has 1 aliphatic rings. The fourth-order valence-corrected chi connectivity index (χ4v) is 2.95. The SMILES string of the molecule is CS(=O)(=O)N(CC(=O)N1CCOCC1)c1ccc(F)cc1F. The second-order valence-electron chi connectivity index (χ2n) is 4.86. The average molecular weight is 334 g/mol. The van der Waals surface area contributed by atoms with Crippen LogP contribution in [0.4, 0.5) is 14.5 Å². The fraction of sp³-hybridized carbons (Fsp3) is 0.462. The normalized spacial score (nSPS) is 15.7. The van der Waals surface area contributed by atoms with Gasteiger partial charge in [0.25, 0.3) is 0 Å². The van der Waals surface area contributed by atoms with E-state index in [-0.39, 0.29) is 5.69 Å². The molecule has 22 heavy (non-hydrogen) atoms. The van der Waals surface area contributed by atoms with Crippen molar-refractivity contribution < 1.29 is 26.7 Å². The summed E-state index contributed by atoms with van der Waals surface area (Å²) in [6.07, 6.45) is 0.863. The van der Waals surface area contributed by atoms with E-state index in [2.05, 4.69) is 0 Å². The van der Waals surface area contributed by atoms with Crippen LogP contribution in [0.25, 0.3) is 0 Å². The molecule has 1 heterocycles. The van der Waals surface area contributed by atoms with Crippen LogP contribution < -0.4 is 4.31 Å². The number of hydrogen-bond donors (Lipinski definition) is 0. The van der Waals surface area contributed by atoms with Crippen molar-refractivity contribution in [2.45, 2.75) is 0 Å². The monoisotopic (exact) mass is 334 g/mol. The topological polar surface area (TPSA) is 66.9 Å². The third kappa shape index (κ3) is 3.92. The quantitative estimate of drug-likeness (QED) is 0.808. The highest BCUT2D eigenvalue weighted by Crippen LogP contribution is 2.22. The molecule has 1 aromatic carbocycles. The van der Waals surface area contributed by atoms with Crippen LogP contribution in [0.2, 0.25) is 0 Å². The number of anilines is 1. The maximum Gasteiger partial charge on any atom is 0.243 e. The lowest BCUT2D eigenvalue weighted by Crippen LogP contribution is -2.47. The van der Waals surface area contributed by atoms with Crippen molar-refractivity contribution in [1.82, 2.24) is 4.90 Å². The number of sulfonamides is 1. The van der Waals surface area contributed by atoms with Crippen LogP contribution in [0.1, 0.15) is 0 Å². The first-order chi connectivity index (χ1) is 10.3. The zero-order chi connectivity index (χ0) is 16.3. The summed E-state index contributed by atoms with van der Waals surface area (Å²) in [5, 5.41) is 0. The Hall–Kier alpha value is -1.74. The van der Waals surface area contributed by atoms with Gasteiger partial charge in [-0.15, -0.1) is 0 Å². The summed E-state index contributed by atoms with van der Waals surface area (Å²) in [5.41, 5.74) is -0.356. The van der Waals surface area contributed by atoms with E-state index in [1.54, 1.807) is 0 Å². The molecule has 0 aliphatic carbocycles. The highest BCUT2D eigenvalue weighted by Gasteiger charge is 2.27. The third-order valence-corrected chi connectivity index (χ3v) is 4.35. The fourth-order valence-electron chi connectivity index (χ4n) is 2.10. The van der Waals surface area contributed by atoms with E-state index >= 15 is 0 Å². The zero-order valence-corrected chi connectivity index (χ0v) is 12.8. The Morgan fingerprint density at radius 2 is 1.95 bits per heavy atom. The summed E-state index contributed by atoms with van der Waals surface area (Å²) >= 11 is 0. The van der Waals surface area contributed by atoms with Crippen molar-refractivity contribution in [1.29, 1.82) is 0 Å². The Kier molecular flexibility index (Phi) is 4.97. The first-order valence-corrected chi connectivity index (χ1v) is 8.42. The number of carbonyl (C=O) groups excluding carboxylic acids is 1.